The SMILES string of the molecule is O=C[C@H](O)[C@@H](O)[C@H](O)[C@H](O)CO.O=P([O-])([O-])OCC(O)CO.[NH4+].[NH4+]. The molecule has 0 fully saturated rings. The average Bonchev–Trinajstić information content (AvgIpc) is 2.49. The van der Waals surface area contributed by atoms with E-state index in [4.69, 9.17) is 35.7 Å². The molecule has 5 atom stereocenters. The molecule has 0 rings (SSSR count). The van der Waals surface area contributed by atoms with E-state index < -0.39 is 58.2 Å². The third-order valence-corrected chi connectivity index (χ3v) is 2.52. The van der Waals surface area contributed by atoms with E-state index in [9.17, 15) is 19.1 Å². The van der Waals surface area contributed by atoms with E-state index in [1.165, 1.54) is 0 Å². The van der Waals surface area contributed by atoms with E-state index >= 15 is 0 Å². The summed E-state index contributed by atoms with van der Waals surface area (Å²) < 4.78 is 13.3. The maximum absolute atomic E-state index is 9.90. The fourth-order valence-corrected chi connectivity index (χ4v) is 1.20. The number of aliphatic hydroxyl groups is 7. The fraction of sp³-hybridized carbons (Fsp3) is 0.889. The zero-order valence-corrected chi connectivity index (χ0v) is 14.1. The van der Waals surface area contributed by atoms with E-state index in [-0.39, 0.29) is 18.6 Å². The Bertz CT molecular complexity index is 342. The molecule has 0 aliphatic rings. The van der Waals surface area contributed by atoms with Crippen LogP contribution in [0.1, 0.15) is 0 Å². The summed E-state index contributed by atoms with van der Waals surface area (Å²) in [6.07, 6.45) is -8.16. The van der Waals surface area contributed by atoms with Crippen LogP contribution in [-0.2, 0) is 13.9 Å². The summed E-state index contributed by atoms with van der Waals surface area (Å²) in [5.74, 6) is 0. The first-order valence-electron chi connectivity index (χ1n) is 5.74. The molecule has 0 aromatic carbocycles. The predicted octanol–water partition coefficient (Wildman–Crippen LogP) is -5.44. The summed E-state index contributed by atoms with van der Waals surface area (Å²) in [4.78, 5) is 29.3. The van der Waals surface area contributed by atoms with Crippen LogP contribution in [0.25, 0.3) is 0 Å². The van der Waals surface area contributed by atoms with Crippen molar-refractivity contribution >= 4 is 14.1 Å². The van der Waals surface area contributed by atoms with Gasteiger partial charge in [-0.15, -0.1) is 0 Å². The van der Waals surface area contributed by atoms with Gasteiger partial charge in [0.15, 0.2) is 6.29 Å². The van der Waals surface area contributed by atoms with Gasteiger partial charge in [0.2, 0.25) is 0 Å². The first-order valence-corrected chi connectivity index (χ1v) is 7.20. The lowest BCUT2D eigenvalue weighted by Gasteiger charge is -2.29. The van der Waals surface area contributed by atoms with Crippen molar-refractivity contribution in [3.8, 4) is 0 Å². The standard InChI is InChI=1S/C6H12O6.C3H9O6P.2H3N/c7-1-3(9)5(11)6(12)4(10)2-8;4-1-3(5)2-9-10(6,7)8;;/h1,3-6,8-12H,2H2;3-5H,1-2H2,(H2,6,7,8);2*1H3/t3-,4+,5+,6+;;;/m0.../s1. The lowest BCUT2D eigenvalue weighted by atomic mass is 10.0. The Morgan fingerprint density at radius 1 is 0.958 bits per heavy atom. The van der Waals surface area contributed by atoms with Crippen LogP contribution in [0.5, 0.6) is 0 Å². The van der Waals surface area contributed by atoms with E-state index in [0.717, 1.165) is 0 Å². The second-order valence-electron chi connectivity index (χ2n) is 3.94. The molecule has 0 saturated carbocycles. The lowest BCUT2D eigenvalue weighted by molar-refractivity contribution is -0.342. The molecule has 0 amide bonds. The number of phosphoric ester groups is 1. The molecule has 24 heavy (non-hydrogen) atoms. The molecule has 0 aromatic rings. The van der Waals surface area contributed by atoms with Gasteiger partial charge in [-0.1, -0.05) is 0 Å². The van der Waals surface area contributed by atoms with Gasteiger partial charge in [-0.3, -0.25) is 0 Å². The summed E-state index contributed by atoms with van der Waals surface area (Å²) >= 11 is 0. The van der Waals surface area contributed by atoms with Crippen molar-refractivity contribution in [2.24, 2.45) is 0 Å². The Labute approximate surface area is 137 Å². The molecule has 15 heteroatoms. The Hall–Kier alpha value is -0.580. The topological polar surface area (TPSA) is 304 Å². The minimum Gasteiger partial charge on any atom is -0.790 e. The Kier molecular flexibility index (Phi) is 20.7. The normalized spacial score (nSPS) is 16.9. The molecule has 14 nitrogen and oxygen atoms in total. The van der Waals surface area contributed by atoms with Crippen molar-refractivity contribution in [1.82, 2.24) is 12.3 Å². The second kappa shape index (κ2) is 15.9. The molecule has 0 saturated heterocycles. The molecule has 0 spiro atoms. The van der Waals surface area contributed by atoms with Crippen LogP contribution in [0.4, 0.5) is 0 Å². The van der Waals surface area contributed by atoms with Gasteiger partial charge >= 0.3 is 0 Å². The number of hydrogen-bond donors (Lipinski definition) is 9. The number of carbonyl (C=O) groups is 1. The van der Waals surface area contributed by atoms with Gasteiger partial charge in [-0.05, 0) is 0 Å². The minimum atomic E-state index is -5.00. The third kappa shape index (κ3) is 16.3. The minimum absolute atomic E-state index is 0. The molecule has 0 heterocycles. The summed E-state index contributed by atoms with van der Waals surface area (Å²) in [7, 11) is -5.00. The van der Waals surface area contributed by atoms with E-state index in [2.05, 4.69) is 4.52 Å². The summed E-state index contributed by atoms with van der Waals surface area (Å²) in [6, 6.07) is 0. The maximum atomic E-state index is 9.90. The molecular formula is C9H27N2O12P. The molecule has 0 radical (unpaired) electrons. The summed E-state index contributed by atoms with van der Waals surface area (Å²) in [5, 5.41) is 60.1. The van der Waals surface area contributed by atoms with E-state index in [1.807, 2.05) is 0 Å². The monoisotopic (exact) mass is 386 g/mol. The van der Waals surface area contributed by atoms with Gasteiger partial charge < -0.3 is 71.7 Å². The molecule has 0 aliphatic carbocycles. The molecule has 0 aromatic heterocycles. The van der Waals surface area contributed by atoms with Crippen LogP contribution in [0.3, 0.4) is 0 Å². The van der Waals surface area contributed by atoms with Gasteiger partial charge in [0, 0.05) is 0 Å². The van der Waals surface area contributed by atoms with Gasteiger partial charge in [-0.25, -0.2) is 0 Å². The lowest BCUT2D eigenvalue weighted by Crippen LogP contribution is -2.46. The van der Waals surface area contributed by atoms with Crippen LogP contribution in [0.15, 0.2) is 0 Å². The van der Waals surface area contributed by atoms with Crippen molar-refractivity contribution in [3.05, 3.63) is 0 Å². The second-order valence-corrected chi connectivity index (χ2v) is 5.09. The van der Waals surface area contributed by atoms with Crippen molar-refractivity contribution in [2.45, 2.75) is 30.5 Å². The van der Waals surface area contributed by atoms with E-state index in [1.54, 1.807) is 0 Å². The molecule has 0 aliphatic heterocycles. The summed E-state index contributed by atoms with van der Waals surface area (Å²) in [6.45, 7) is -2.09. The van der Waals surface area contributed by atoms with Crippen LogP contribution in [-0.4, -0.2) is 92.4 Å². The number of hydrogen-bond acceptors (Lipinski definition) is 12. The van der Waals surface area contributed by atoms with E-state index in [0.29, 0.717) is 0 Å². The zero-order valence-electron chi connectivity index (χ0n) is 13.2. The number of rotatable bonds is 9. The highest BCUT2D eigenvalue weighted by Gasteiger charge is 2.29. The zero-order chi connectivity index (χ0) is 17.9. The van der Waals surface area contributed by atoms with Crippen LogP contribution in [0.2, 0.25) is 0 Å². The number of quaternary nitrogens is 2. The van der Waals surface area contributed by atoms with Gasteiger partial charge in [-0.2, -0.15) is 0 Å². The van der Waals surface area contributed by atoms with Crippen molar-refractivity contribution in [1.29, 1.82) is 0 Å². The number of aliphatic hydroxyl groups excluding tert-OH is 7. The maximum Gasteiger partial charge on any atom is 0.151 e. The quantitative estimate of drug-likeness (QED) is 0.132. The van der Waals surface area contributed by atoms with Gasteiger partial charge in [0.05, 0.1) is 27.6 Å². The highest BCUT2D eigenvalue weighted by atomic mass is 31.2. The predicted molar refractivity (Wildman–Crippen MR) is 75.8 cm³/mol. The smallest absolute Gasteiger partial charge is 0.151 e. The molecule has 15 N–H and O–H groups in total. The highest BCUT2D eigenvalue weighted by molar-refractivity contribution is 7.43. The number of phosphoric acid groups is 1. The fourth-order valence-electron chi connectivity index (χ4n) is 0.848. The Balaban J connectivity index is -0.000000156. The molecule has 150 valence electrons. The van der Waals surface area contributed by atoms with Crippen molar-refractivity contribution in [2.75, 3.05) is 19.8 Å². The average molecular weight is 386 g/mol. The van der Waals surface area contributed by atoms with Crippen LogP contribution in [0, 0.1) is 0 Å². The van der Waals surface area contributed by atoms with Crippen molar-refractivity contribution < 1.29 is 59.4 Å². The Morgan fingerprint density at radius 3 is 1.71 bits per heavy atom. The highest BCUT2D eigenvalue weighted by Crippen LogP contribution is 2.24. The van der Waals surface area contributed by atoms with Gasteiger partial charge in [0.1, 0.15) is 30.5 Å². The number of aldehydes is 1. The first kappa shape index (κ1) is 31.2. The number of carbonyl (C=O) groups excluding carboxylic acids is 1. The largest absolute Gasteiger partial charge is 0.790 e. The summed E-state index contributed by atoms with van der Waals surface area (Å²) in [5.41, 5.74) is 0. The molecule has 1 unspecified atom stereocenters. The van der Waals surface area contributed by atoms with Crippen molar-refractivity contribution in [3.63, 3.8) is 0 Å². The van der Waals surface area contributed by atoms with Crippen LogP contribution < -0.4 is 22.1 Å². The molecule has 0 bridgehead atoms. The third-order valence-electron chi connectivity index (χ3n) is 2.06. The molecular weight excluding hydrogens is 359 g/mol. The van der Waals surface area contributed by atoms with Crippen LogP contribution >= 0.6 is 7.82 Å². The first-order chi connectivity index (χ1) is 9.99. The Morgan fingerprint density at radius 2 is 1.42 bits per heavy atom. The van der Waals surface area contributed by atoms with Gasteiger partial charge in [0.25, 0.3) is 0 Å².